The SMILES string of the molecule is c1ccc(CN2CCC3(CC2)CCN(C2CCC2)CC3)cc1. The van der Waals surface area contributed by atoms with Crippen molar-refractivity contribution in [1.82, 2.24) is 9.80 Å². The van der Waals surface area contributed by atoms with Crippen molar-refractivity contribution >= 4 is 0 Å². The Morgan fingerprint density at radius 3 is 2.09 bits per heavy atom. The predicted molar refractivity (Wildman–Crippen MR) is 91.8 cm³/mol. The highest BCUT2D eigenvalue weighted by molar-refractivity contribution is 5.14. The van der Waals surface area contributed by atoms with Crippen molar-refractivity contribution in [3.8, 4) is 0 Å². The Morgan fingerprint density at radius 1 is 0.864 bits per heavy atom. The van der Waals surface area contributed by atoms with E-state index in [2.05, 4.69) is 40.1 Å². The molecule has 0 N–H and O–H groups in total. The molecule has 1 aliphatic carbocycles. The third kappa shape index (κ3) is 3.09. The summed E-state index contributed by atoms with van der Waals surface area (Å²) in [5.74, 6) is 0. The quantitative estimate of drug-likeness (QED) is 0.834. The molecule has 1 saturated carbocycles. The van der Waals surface area contributed by atoms with Crippen molar-refractivity contribution in [3.05, 3.63) is 35.9 Å². The fourth-order valence-electron chi connectivity index (χ4n) is 4.64. The fourth-order valence-corrected chi connectivity index (χ4v) is 4.64. The van der Waals surface area contributed by atoms with E-state index >= 15 is 0 Å². The van der Waals surface area contributed by atoms with E-state index in [-0.39, 0.29) is 0 Å². The Hall–Kier alpha value is -0.860. The molecular weight excluding hydrogens is 268 g/mol. The second kappa shape index (κ2) is 6.33. The summed E-state index contributed by atoms with van der Waals surface area (Å²) in [6, 6.07) is 11.9. The van der Waals surface area contributed by atoms with E-state index in [0.717, 1.165) is 12.6 Å². The molecule has 0 radical (unpaired) electrons. The molecule has 120 valence electrons. The average Bonchev–Trinajstić information content (AvgIpc) is 2.52. The summed E-state index contributed by atoms with van der Waals surface area (Å²) in [5, 5.41) is 0. The van der Waals surface area contributed by atoms with E-state index in [1.54, 1.807) is 0 Å². The summed E-state index contributed by atoms with van der Waals surface area (Å²) in [7, 11) is 0. The molecule has 0 unspecified atom stereocenters. The van der Waals surface area contributed by atoms with E-state index in [9.17, 15) is 0 Å². The Balaban J connectivity index is 1.27. The fraction of sp³-hybridized carbons (Fsp3) is 0.700. The first-order valence-corrected chi connectivity index (χ1v) is 9.33. The van der Waals surface area contributed by atoms with Crippen LogP contribution in [0.5, 0.6) is 0 Å². The topological polar surface area (TPSA) is 6.48 Å². The predicted octanol–water partition coefficient (Wildman–Crippen LogP) is 3.92. The first-order valence-electron chi connectivity index (χ1n) is 9.33. The molecule has 1 aromatic carbocycles. The van der Waals surface area contributed by atoms with Gasteiger partial charge in [0, 0.05) is 12.6 Å². The van der Waals surface area contributed by atoms with Crippen molar-refractivity contribution in [3.63, 3.8) is 0 Å². The Kier molecular flexibility index (Phi) is 4.23. The highest BCUT2D eigenvalue weighted by Gasteiger charge is 2.39. The van der Waals surface area contributed by atoms with E-state index in [4.69, 9.17) is 0 Å². The zero-order valence-electron chi connectivity index (χ0n) is 13.8. The highest BCUT2D eigenvalue weighted by atomic mass is 15.2. The van der Waals surface area contributed by atoms with Crippen LogP contribution in [-0.4, -0.2) is 42.0 Å². The van der Waals surface area contributed by atoms with E-state index in [0.29, 0.717) is 5.41 Å². The van der Waals surface area contributed by atoms with Crippen molar-refractivity contribution in [2.24, 2.45) is 5.41 Å². The van der Waals surface area contributed by atoms with Crippen LogP contribution in [-0.2, 0) is 6.54 Å². The lowest BCUT2D eigenvalue weighted by Crippen LogP contribution is -2.50. The van der Waals surface area contributed by atoms with Gasteiger partial charge in [0.25, 0.3) is 0 Å². The first kappa shape index (κ1) is 14.7. The third-order valence-electron chi connectivity index (χ3n) is 6.62. The zero-order chi connectivity index (χ0) is 14.8. The molecular formula is C20H30N2. The number of likely N-dealkylation sites (tertiary alicyclic amines) is 2. The number of piperidine rings is 2. The summed E-state index contributed by atoms with van der Waals surface area (Å²) in [5.41, 5.74) is 2.16. The van der Waals surface area contributed by atoms with Gasteiger partial charge < -0.3 is 4.90 Å². The number of hydrogen-bond donors (Lipinski definition) is 0. The molecule has 22 heavy (non-hydrogen) atoms. The molecule has 1 aromatic rings. The van der Waals surface area contributed by atoms with Crippen LogP contribution in [0, 0.1) is 5.41 Å². The molecule has 0 aromatic heterocycles. The Morgan fingerprint density at radius 2 is 1.50 bits per heavy atom. The van der Waals surface area contributed by atoms with Crippen LogP contribution >= 0.6 is 0 Å². The van der Waals surface area contributed by atoms with Gasteiger partial charge >= 0.3 is 0 Å². The Labute approximate surface area is 135 Å². The standard InChI is InChI=1S/C20H30N2/c1-2-5-18(6-3-1)17-21-13-9-20(10-14-21)11-15-22(16-12-20)19-7-4-8-19/h1-3,5-6,19H,4,7-17H2. The van der Waals surface area contributed by atoms with Gasteiger partial charge in [0.15, 0.2) is 0 Å². The highest BCUT2D eigenvalue weighted by Crippen LogP contribution is 2.43. The molecule has 4 rings (SSSR count). The maximum absolute atomic E-state index is 2.80. The third-order valence-corrected chi connectivity index (χ3v) is 6.62. The van der Waals surface area contributed by atoms with Crippen LogP contribution < -0.4 is 0 Å². The maximum Gasteiger partial charge on any atom is 0.0233 e. The molecule has 0 bridgehead atoms. The number of hydrogen-bond acceptors (Lipinski definition) is 2. The van der Waals surface area contributed by atoms with Gasteiger partial charge in [-0.3, -0.25) is 4.90 Å². The molecule has 0 amide bonds. The van der Waals surface area contributed by atoms with Gasteiger partial charge in [-0.25, -0.2) is 0 Å². The number of nitrogens with zero attached hydrogens (tertiary/aromatic N) is 2. The normalized spacial score (nSPS) is 26.9. The minimum atomic E-state index is 0.688. The van der Waals surface area contributed by atoms with Gasteiger partial charge in [-0.05, 0) is 75.7 Å². The minimum absolute atomic E-state index is 0.688. The summed E-state index contributed by atoms with van der Waals surface area (Å²) in [6.45, 7) is 6.51. The molecule has 3 aliphatic rings. The number of rotatable bonds is 3. The monoisotopic (exact) mass is 298 g/mol. The van der Waals surface area contributed by atoms with Crippen molar-refractivity contribution < 1.29 is 0 Å². The van der Waals surface area contributed by atoms with Gasteiger partial charge in [0.1, 0.15) is 0 Å². The lowest BCUT2D eigenvalue weighted by atomic mass is 9.70. The van der Waals surface area contributed by atoms with Gasteiger partial charge in [-0.2, -0.15) is 0 Å². The lowest BCUT2D eigenvalue weighted by molar-refractivity contribution is 0.00364. The van der Waals surface area contributed by atoms with E-state index in [1.807, 2.05) is 0 Å². The van der Waals surface area contributed by atoms with Gasteiger partial charge in [-0.15, -0.1) is 0 Å². The zero-order valence-corrected chi connectivity index (χ0v) is 13.8. The van der Waals surface area contributed by atoms with Crippen LogP contribution in [0.25, 0.3) is 0 Å². The summed E-state index contributed by atoms with van der Waals surface area (Å²) < 4.78 is 0. The Bertz CT molecular complexity index is 462. The van der Waals surface area contributed by atoms with Crippen LogP contribution in [0.15, 0.2) is 30.3 Å². The van der Waals surface area contributed by atoms with Crippen LogP contribution in [0.4, 0.5) is 0 Å². The molecule has 0 atom stereocenters. The van der Waals surface area contributed by atoms with E-state index < -0.39 is 0 Å². The van der Waals surface area contributed by atoms with Crippen LogP contribution in [0.3, 0.4) is 0 Å². The molecule has 3 fully saturated rings. The lowest BCUT2D eigenvalue weighted by Gasteiger charge is -2.50. The van der Waals surface area contributed by atoms with Crippen molar-refractivity contribution in [2.75, 3.05) is 26.2 Å². The molecule has 2 heterocycles. The minimum Gasteiger partial charge on any atom is -0.300 e. The van der Waals surface area contributed by atoms with Crippen LogP contribution in [0.2, 0.25) is 0 Å². The summed E-state index contributed by atoms with van der Waals surface area (Å²) >= 11 is 0. The first-order chi connectivity index (χ1) is 10.8. The molecule has 1 spiro atoms. The molecule has 2 heteroatoms. The molecule has 2 nitrogen and oxygen atoms in total. The smallest absolute Gasteiger partial charge is 0.0233 e. The summed E-state index contributed by atoms with van der Waals surface area (Å²) in [4.78, 5) is 5.46. The second-order valence-corrected chi connectivity index (χ2v) is 7.88. The molecule has 2 saturated heterocycles. The number of benzene rings is 1. The second-order valence-electron chi connectivity index (χ2n) is 7.88. The van der Waals surface area contributed by atoms with E-state index in [1.165, 1.54) is 76.7 Å². The maximum atomic E-state index is 2.80. The van der Waals surface area contributed by atoms with Gasteiger partial charge in [0.05, 0.1) is 0 Å². The average molecular weight is 298 g/mol. The van der Waals surface area contributed by atoms with Crippen molar-refractivity contribution in [1.29, 1.82) is 0 Å². The summed E-state index contributed by atoms with van der Waals surface area (Å²) in [6.07, 6.45) is 10.2. The van der Waals surface area contributed by atoms with Crippen molar-refractivity contribution in [2.45, 2.75) is 57.5 Å². The van der Waals surface area contributed by atoms with Gasteiger partial charge in [-0.1, -0.05) is 36.8 Å². The largest absolute Gasteiger partial charge is 0.300 e. The van der Waals surface area contributed by atoms with Crippen LogP contribution in [0.1, 0.15) is 50.5 Å². The van der Waals surface area contributed by atoms with Gasteiger partial charge in [0.2, 0.25) is 0 Å². The molecule has 2 aliphatic heterocycles.